The average Bonchev–Trinajstić information content (AvgIpc) is 2.34. The quantitative estimate of drug-likeness (QED) is 0.608. The first kappa shape index (κ1) is 12.2. The summed E-state index contributed by atoms with van der Waals surface area (Å²) in [5, 5.41) is 10.6. The number of hydrogen-bond acceptors (Lipinski definition) is 3. The maximum absolute atomic E-state index is 12.7. The number of carbonyl (C=O) groups excluding carboxylic acids is 1. The topological polar surface area (TPSA) is 60.2 Å². The zero-order chi connectivity index (χ0) is 13.1. The minimum atomic E-state index is -0.667. The van der Waals surface area contributed by atoms with Crippen LogP contribution >= 0.6 is 0 Å². The maximum Gasteiger partial charge on any atom is 0.312 e. The van der Waals surface area contributed by atoms with Gasteiger partial charge in [-0.05, 0) is 29.7 Å². The SMILES string of the molecule is O=C1CC=C(Cc2ccc(F)cc2)C=C1[N+](=O)[O-]. The highest BCUT2D eigenvalue weighted by atomic mass is 19.1. The molecule has 4 nitrogen and oxygen atoms in total. The number of nitro groups is 1. The van der Waals surface area contributed by atoms with E-state index in [2.05, 4.69) is 0 Å². The summed E-state index contributed by atoms with van der Waals surface area (Å²) in [4.78, 5) is 21.3. The molecule has 1 aromatic carbocycles. The smallest absolute Gasteiger partial charge is 0.287 e. The van der Waals surface area contributed by atoms with Gasteiger partial charge in [0, 0.05) is 12.5 Å². The summed E-state index contributed by atoms with van der Waals surface area (Å²) in [5.41, 5.74) is 1.17. The van der Waals surface area contributed by atoms with Crippen molar-refractivity contribution in [2.24, 2.45) is 0 Å². The number of carbonyl (C=O) groups is 1. The molecular formula is C13H10FNO3. The first-order chi connectivity index (χ1) is 8.56. The second kappa shape index (κ2) is 4.91. The minimum Gasteiger partial charge on any atom is -0.287 e. The molecule has 0 radical (unpaired) electrons. The molecule has 5 heteroatoms. The second-order valence-electron chi connectivity index (χ2n) is 4.00. The molecule has 0 aromatic heterocycles. The number of hydrogen-bond donors (Lipinski definition) is 0. The van der Waals surface area contributed by atoms with Gasteiger partial charge >= 0.3 is 5.70 Å². The summed E-state index contributed by atoms with van der Waals surface area (Å²) < 4.78 is 12.7. The van der Waals surface area contributed by atoms with Crippen LogP contribution in [0.3, 0.4) is 0 Å². The second-order valence-corrected chi connectivity index (χ2v) is 4.00. The van der Waals surface area contributed by atoms with Crippen LogP contribution in [-0.4, -0.2) is 10.7 Å². The number of ketones is 1. The van der Waals surface area contributed by atoms with Gasteiger partial charge in [-0.3, -0.25) is 14.9 Å². The molecule has 0 saturated carbocycles. The lowest BCUT2D eigenvalue weighted by Crippen LogP contribution is -2.14. The Morgan fingerprint density at radius 2 is 1.94 bits per heavy atom. The van der Waals surface area contributed by atoms with Crippen molar-refractivity contribution in [1.82, 2.24) is 0 Å². The standard InChI is InChI=1S/C13H10FNO3/c14-11-4-1-9(2-5-11)7-10-3-6-13(16)12(8-10)15(17)18/h1-5,8H,6-7H2. The zero-order valence-electron chi connectivity index (χ0n) is 9.43. The summed E-state index contributed by atoms with van der Waals surface area (Å²) in [6.07, 6.45) is 3.45. The fraction of sp³-hybridized carbons (Fsp3) is 0.154. The van der Waals surface area contributed by atoms with Gasteiger partial charge in [0.05, 0.1) is 4.92 Å². The van der Waals surface area contributed by atoms with Crippen molar-refractivity contribution in [2.45, 2.75) is 12.8 Å². The summed E-state index contributed by atoms with van der Waals surface area (Å²) in [6.45, 7) is 0. The molecule has 2 rings (SSSR count). The molecule has 0 atom stereocenters. The Labute approximate surface area is 103 Å². The van der Waals surface area contributed by atoms with Crippen molar-refractivity contribution in [1.29, 1.82) is 0 Å². The molecule has 0 N–H and O–H groups in total. The Bertz CT molecular complexity index is 558. The van der Waals surface area contributed by atoms with E-state index in [0.717, 1.165) is 5.56 Å². The number of Topliss-reactive ketones (excluding diaryl/α,β-unsaturated/α-hetero) is 1. The molecule has 0 heterocycles. The molecule has 18 heavy (non-hydrogen) atoms. The molecule has 0 unspecified atom stereocenters. The van der Waals surface area contributed by atoms with Gasteiger partial charge in [-0.25, -0.2) is 4.39 Å². The molecule has 0 aliphatic heterocycles. The Balaban J connectivity index is 2.18. The van der Waals surface area contributed by atoms with E-state index in [1.54, 1.807) is 18.2 Å². The Hall–Kier alpha value is -2.30. The van der Waals surface area contributed by atoms with E-state index < -0.39 is 10.7 Å². The van der Waals surface area contributed by atoms with Crippen molar-refractivity contribution in [2.75, 3.05) is 0 Å². The lowest BCUT2D eigenvalue weighted by Gasteiger charge is -2.07. The number of benzene rings is 1. The number of allylic oxidation sites excluding steroid dienone is 4. The van der Waals surface area contributed by atoms with Crippen LogP contribution in [0.4, 0.5) is 4.39 Å². The molecule has 0 amide bonds. The molecule has 1 aliphatic carbocycles. The number of nitrogens with zero attached hydrogens (tertiary/aromatic N) is 1. The lowest BCUT2D eigenvalue weighted by molar-refractivity contribution is -0.419. The van der Waals surface area contributed by atoms with Gasteiger partial charge in [-0.2, -0.15) is 0 Å². The third-order valence-corrected chi connectivity index (χ3v) is 2.68. The van der Waals surface area contributed by atoms with Gasteiger partial charge in [0.1, 0.15) is 5.82 Å². The fourth-order valence-corrected chi connectivity index (χ4v) is 1.76. The molecule has 1 aromatic rings. The predicted octanol–water partition coefficient (Wildman–Crippen LogP) is 2.43. The number of halogens is 1. The molecule has 92 valence electrons. The van der Waals surface area contributed by atoms with E-state index >= 15 is 0 Å². The van der Waals surface area contributed by atoms with Crippen LogP contribution in [0.1, 0.15) is 12.0 Å². The molecule has 0 saturated heterocycles. The summed E-state index contributed by atoms with van der Waals surface area (Å²) in [7, 11) is 0. The van der Waals surface area contributed by atoms with Crippen LogP contribution in [-0.2, 0) is 11.2 Å². The van der Waals surface area contributed by atoms with E-state index in [4.69, 9.17) is 0 Å². The predicted molar refractivity (Wildman–Crippen MR) is 62.9 cm³/mol. The molecule has 1 aliphatic rings. The van der Waals surface area contributed by atoms with Gasteiger partial charge in [-0.1, -0.05) is 18.2 Å². The summed E-state index contributed by atoms with van der Waals surface area (Å²) in [6, 6.07) is 5.91. The molecule has 0 spiro atoms. The monoisotopic (exact) mass is 247 g/mol. The molecule has 0 bridgehead atoms. The van der Waals surface area contributed by atoms with Crippen molar-refractivity contribution in [3.05, 3.63) is 69.2 Å². The van der Waals surface area contributed by atoms with E-state index in [0.29, 0.717) is 12.0 Å². The Kier molecular flexibility index (Phi) is 3.32. The third kappa shape index (κ3) is 2.68. The van der Waals surface area contributed by atoms with Crippen molar-refractivity contribution >= 4 is 5.78 Å². The van der Waals surface area contributed by atoms with E-state index in [-0.39, 0.29) is 17.9 Å². The van der Waals surface area contributed by atoms with Crippen LogP contribution in [0.15, 0.2) is 47.7 Å². The van der Waals surface area contributed by atoms with Crippen molar-refractivity contribution in [3.8, 4) is 0 Å². The summed E-state index contributed by atoms with van der Waals surface area (Å²) in [5.74, 6) is -0.809. The normalized spacial score (nSPS) is 15.1. The first-order valence-electron chi connectivity index (χ1n) is 5.39. The fourth-order valence-electron chi connectivity index (χ4n) is 1.76. The highest BCUT2D eigenvalue weighted by Gasteiger charge is 2.24. The molecular weight excluding hydrogens is 237 g/mol. The Morgan fingerprint density at radius 1 is 1.28 bits per heavy atom. The van der Waals surface area contributed by atoms with E-state index in [9.17, 15) is 19.3 Å². The average molecular weight is 247 g/mol. The van der Waals surface area contributed by atoms with Gasteiger partial charge in [-0.15, -0.1) is 0 Å². The zero-order valence-corrected chi connectivity index (χ0v) is 9.43. The highest BCUT2D eigenvalue weighted by Crippen LogP contribution is 2.19. The third-order valence-electron chi connectivity index (χ3n) is 2.68. The highest BCUT2D eigenvalue weighted by molar-refractivity contribution is 5.95. The van der Waals surface area contributed by atoms with Crippen LogP contribution in [0.2, 0.25) is 0 Å². The van der Waals surface area contributed by atoms with Crippen molar-refractivity contribution in [3.63, 3.8) is 0 Å². The first-order valence-corrected chi connectivity index (χ1v) is 5.39. The van der Waals surface area contributed by atoms with Gasteiger partial charge in [0.25, 0.3) is 0 Å². The largest absolute Gasteiger partial charge is 0.312 e. The van der Waals surface area contributed by atoms with Gasteiger partial charge in [0.2, 0.25) is 5.78 Å². The molecule has 0 fully saturated rings. The minimum absolute atomic E-state index is 0.0450. The van der Waals surface area contributed by atoms with E-state index in [1.165, 1.54) is 18.2 Å². The lowest BCUT2D eigenvalue weighted by atomic mass is 9.97. The van der Waals surface area contributed by atoms with Crippen LogP contribution in [0.25, 0.3) is 0 Å². The summed E-state index contributed by atoms with van der Waals surface area (Å²) >= 11 is 0. The van der Waals surface area contributed by atoms with Crippen LogP contribution in [0.5, 0.6) is 0 Å². The van der Waals surface area contributed by atoms with Crippen LogP contribution < -0.4 is 0 Å². The maximum atomic E-state index is 12.7. The number of rotatable bonds is 3. The Morgan fingerprint density at radius 3 is 2.56 bits per heavy atom. The van der Waals surface area contributed by atoms with Gasteiger partial charge < -0.3 is 0 Å². The van der Waals surface area contributed by atoms with Gasteiger partial charge in [0.15, 0.2) is 0 Å². The van der Waals surface area contributed by atoms with Crippen LogP contribution in [0, 0.1) is 15.9 Å². The van der Waals surface area contributed by atoms with E-state index in [1.807, 2.05) is 0 Å². The van der Waals surface area contributed by atoms with Crippen molar-refractivity contribution < 1.29 is 14.1 Å².